The predicted molar refractivity (Wildman–Crippen MR) is 114 cm³/mol. The highest BCUT2D eigenvalue weighted by molar-refractivity contribution is 7.17. The normalized spacial score (nSPS) is 16.8. The van der Waals surface area contributed by atoms with Crippen molar-refractivity contribution in [1.82, 2.24) is 4.98 Å². The molecular weight excluding hydrogens is 372 g/mol. The van der Waals surface area contributed by atoms with E-state index in [-0.39, 0.29) is 17.7 Å². The molecular formula is C21H22N4O2S. The second kappa shape index (κ2) is 7.98. The van der Waals surface area contributed by atoms with Crippen molar-refractivity contribution in [1.29, 1.82) is 0 Å². The summed E-state index contributed by atoms with van der Waals surface area (Å²) in [5.74, 6) is 0.790. The zero-order valence-corrected chi connectivity index (χ0v) is 16.5. The van der Waals surface area contributed by atoms with Gasteiger partial charge in [0.05, 0.1) is 5.92 Å². The number of pyridine rings is 1. The van der Waals surface area contributed by atoms with Crippen molar-refractivity contribution in [3.8, 4) is 0 Å². The van der Waals surface area contributed by atoms with Crippen molar-refractivity contribution in [3.63, 3.8) is 0 Å². The molecule has 0 bridgehead atoms. The van der Waals surface area contributed by atoms with E-state index in [4.69, 9.17) is 0 Å². The molecule has 2 aromatic heterocycles. The number of aromatic nitrogens is 1. The summed E-state index contributed by atoms with van der Waals surface area (Å²) in [6.07, 6.45) is 3.67. The second-order valence-electron chi connectivity index (χ2n) is 7.00. The summed E-state index contributed by atoms with van der Waals surface area (Å²) in [6.45, 7) is 3.05. The minimum absolute atomic E-state index is 0.0227. The minimum atomic E-state index is -0.117. The molecule has 7 heteroatoms. The lowest BCUT2D eigenvalue weighted by atomic mass is 9.96. The molecule has 2 N–H and O–H groups in total. The maximum Gasteiger partial charge on any atom is 0.229 e. The first-order valence-electron chi connectivity index (χ1n) is 9.36. The second-order valence-corrected chi connectivity index (χ2v) is 7.95. The van der Waals surface area contributed by atoms with Crippen LogP contribution in [0.1, 0.15) is 19.8 Å². The molecule has 6 nitrogen and oxygen atoms in total. The number of anilines is 3. The number of benzene rings is 1. The summed E-state index contributed by atoms with van der Waals surface area (Å²) >= 11 is 1.71. The lowest BCUT2D eigenvalue weighted by Crippen LogP contribution is -2.41. The van der Waals surface area contributed by atoms with Crippen LogP contribution in [0.25, 0.3) is 10.1 Å². The van der Waals surface area contributed by atoms with Gasteiger partial charge < -0.3 is 15.5 Å². The third kappa shape index (κ3) is 3.99. The van der Waals surface area contributed by atoms with Crippen molar-refractivity contribution in [3.05, 3.63) is 48.0 Å². The fourth-order valence-corrected chi connectivity index (χ4v) is 4.38. The summed E-state index contributed by atoms with van der Waals surface area (Å²) in [6, 6.07) is 11.3. The quantitative estimate of drug-likeness (QED) is 0.698. The summed E-state index contributed by atoms with van der Waals surface area (Å²) in [5, 5.41) is 8.95. The molecule has 0 aliphatic carbocycles. The molecule has 4 rings (SSSR count). The maximum atomic E-state index is 12.8. The van der Waals surface area contributed by atoms with Crippen molar-refractivity contribution < 1.29 is 9.59 Å². The number of nitrogens with zero attached hydrogens (tertiary/aromatic N) is 2. The Morgan fingerprint density at radius 3 is 2.61 bits per heavy atom. The average Bonchev–Trinajstić information content (AvgIpc) is 3.18. The first kappa shape index (κ1) is 18.4. The number of carbonyl (C=O) groups excluding carboxylic acids is 2. The van der Waals surface area contributed by atoms with Gasteiger partial charge in [-0.3, -0.25) is 9.59 Å². The van der Waals surface area contributed by atoms with E-state index in [1.165, 1.54) is 11.6 Å². The van der Waals surface area contributed by atoms with E-state index < -0.39 is 0 Å². The molecule has 0 spiro atoms. The standard InChI is InChI=1S/C21H22N4O2S/c1-14(26)23-16-4-6-17(7-5-16)24-21(27)15-3-2-11-25(13-15)20-18-9-12-28-19(18)8-10-22-20/h4-10,12,15H,2-3,11,13H2,1H3,(H,23,26)(H,24,27). The molecule has 2 amide bonds. The zero-order chi connectivity index (χ0) is 19.5. The number of piperidine rings is 1. The van der Waals surface area contributed by atoms with E-state index in [1.54, 1.807) is 35.6 Å². The number of amides is 2. The number of nitrogens with one attached hydrogen (secondary N) is 2. The van der Waals surface area contributed by atoms with E-state index in [2.05, 4.69) is 32.0 Å². The van der Waals surface area contributed by atoms with E-state index >= 15 is 0 Å². The Labute approximate surface area is 167 Å². The Morgan fingerprint density at radius 1 is 1.11 bits per heavy atom. The number of fused-ring (bicyclic) bond motifs is 1. The molecule has 1 atom stereocenters. The highest BCUT2D eigenvalue weighted by atomic mass is 32.1. The van der Waals surface area contributed by atoms with Gasteiger partial charge in [0, 0.05) is 47.7 Å². The van der Waals surface area contributed by atoms with Crippen LogP contribution in [-0.4, -0.2) is 29.9 Å². The van der Waals surface area contributed by atoms with E-state index in [1.807, 2.05) is 12.3 Å². The van der Waals surface area contributed by atoms with Gasteiger partial charge in [-0.05, 0) is 54.6 Å². The SMILES string of the molecule is CC(=O)Nc1ccc(NC(=O)C2CCCN(c3nccc4sccc34)C2)cc1. The topological polar surface area (TPSA) is 74.3 Å². The Bertz CT molecular complexity index is 999. The van der Waals surface area contributed by atoms with Gasteiger partial charge >= 0.3 is 0 Å². The van der Waals surface area contributed by atoms with Crippen molar-refractivity contribution in [2.75, 3.05) is 28.6 Å². The summed E-state index contributed by atoms with van der Waals surface area (Å²) in [5.41, 5.74) is 1.44. The van der Waals surface area contributed by atoms with Gasteiger partial charge in [-0.2, -0.15) is 0 Å². The molecule has 3 heterocycles. The van der Waals surface area contributed by atoms with Gasteiger partial charge in [0.25, 0.3) is 0 Å². The Kier molecular flexibility index (Phi) is 5.25. The van der Waals surface area contributed by atoms with Gasteiger partial charge in [-0.1, -0.05) is 0 Å². The monoisotopic (exact) mass is 394 g/mol. The van der Waals surface area contributed by atoms with Crippen LogP contribution in [0.15, 0.2) is 48.0 Å². The Morgan fingerprint density at radius 2 is 1.86 bits per heavy atom. The first-order valence-corrected chi connectivity index (χ1v) is 10.2. The van der Waals surface area contributed by atoms with Crippen molar-refractivity contribution in [2.24, 2.45) is 5.92 Å². The van der Waals surface area contributed by atoms with Crippen molar-refractivity contribution in [2.45, 2.75) is 19.8 Å². The molecule has 1 aliphatic heterocycles. The first-order chi connectivity index (χ1) is 13.6. The summed E-state index contributed by atoms with van der Waals surface area (Å²) in [7, 11) is 0. The molecule has 1 fully saturated rings. The largest absolute Gasteiger partial charge is 0.355 e. The minimum Gasteiger partial charge on any atom is -0.355 e. The highest BCUT2D eigenvalue weighted by Crippen LogP contribution is 2.31. The van der Waals surface area contributed by atoms with Crippen LogP contribution >= 0.6 is 11.3 Å². The highest BCUT2D eigenvalue weighted by Gasteiger charge is 2.27. The van der Waals surface area contributed by atoms with Crippen LogP contribution in [0.3, 0.4) is 0 Å². The fourth-order valence-electron chi connectivity index (χ4n) is 3.60. The predicted octanol–water partition coefficient (Wildman–Crippen LogP) is 4.11. The third-order valence-electron chi connectivity index (χ3n) is 4.92. The third-order valence-corrected chi connectivity index (χ3v) is 5.81. The van der Waals surface area contributed by atoms with E-state index in [0.29, 0.717) is 12.2 Å². The molecule has 1 aromatic carbocycles. The molecule has 0 saturated carbocycles. The lowest BCUT2D eigenvalue weighted by Gasteiger charge is -2.33. The average molecular weight is 395 g/mol. The van der Waals surface area contributed by atoms with Crippen LogP contribution in [0.5, 0.6) is 0 Å². The number of rotatable bonds is 4. The molecule has 1 saturated heterocycles. The molecule has 1 aliphatic rings. The van der Waals surface area contributed by atoms with E-state index in [9.17, 15) is 9.59 Å². The molecule has 3 aromatic rings. The molecule has 0 radical (unpaired) electrons. The Balaban J connectivity index is 1.43. The van der Waals surface area contributed by atoms with Gasteiger partial charge in [-0.15, -0.1) is 11.3 Å². The van der Waals surface area contributed by atoms with Gasteiger partial charge in [0.1, 0.15) is 5.82 Å². The maximum absolute atomic E-state index is 12.8. The number of carbonyl (C=O) groups is 2. The van der Waals surface area contributed by atoms with Crippen LogP contribution in [-0.2, 0) is 9.59 Å². The summed E-state index contributed by atoms with van der Waals surface area (Å²) < 4.78 is 1.22. The van der Waals surface area contributed by atoms with Gasteiger partial charge in [0.2, 0.25) is 11.8 Å². The van der Waals surface area contributed by atoms with Crippen LogP contribution in [0, 0.1) is 5.92 Å². The van der Waals surface area contributed by atoms with Crippen LogP contribution in [0.2, 0.25) is 0 Å². The number of hydrogen-bond acceptors (Lipinski definition) is 5. The van der Waals surface area contributed by atoms with Gasteiger partial charge in [0.15, 0.2) is 0 Å². The number of thiophene rings is 1. The lowest BCUT2D eigenvalue weighted by molar-refractivity contribution is -0.120. The smallest absolute Gasteiger partial charge is 0.229 e. The molecule has 1 unspecified atom stereocenters. The molecule has 28 heavy (non-hydrogen) atoms. The van der Waals surface area contributed by atoms with E-state index in [0.717, 1.165) is 36.3 Å². The fraction of sp³-hybridized carbons (Fsp3) is 0.286. The molecule has 144 valence electrons. The van der Waals surface area contributed by atoms with Gasteiger partial charge in [-0.25, -0.2) is 4.98 Å². The number of hydrogen-bond donors (Lipinski definition) is 2. The zero-order valence-electron chi connectivity index (χ0n) is 15.6. The Hall–Kier alpha value is -2.93. The van der Waals surface area contributed by atoms with Crippen LogP contribution in [0.4, 0.5) is 17.2 Å². The summed E-state index contributed by atoms with van der Waals surface area (Å²) in [4.78, 5) is 30.7. The van der Waals surface area contributed by atoms with Crippen molar-refractivity contribution >= 4 is 50.4 Å². The van der Waals surface area contributed by atoms with Crippen LogP contribution < -0.4 is 15.5 Å².